The monoisotopic (exact) mass is 261 g/mol. The fraction of sp³-hybridized carbons (Fsp3) is 0.500. The number of rotatable bonds is 6. The van der Waals surface area contributed by atoms with Crippen LogP contribution in [0.5, 0.6) is 5.75 Å². The maximum absolute atomic E-state index is 9.86. The van der Waals surface area contributed by atoms with Crippen LogP contribution in [0.3, 0.4) is 0 Å². The van der Waals surface area contributed by atoms with Gasteiger partial charge < -0.3 is 15.2 Å². The van der Waals surface area contributed by atoms with Crippen LogP contribution < -0.4 is 10.1 Å². The molecule has 2 rings (SSSR count). The molecule has 0 spiro atoms. The molecule has 0 saturated heterocycles. The van der Waals surface area contributed by atoms with Gasteiger partial charge in [0.2, 0.25) is 0 Å². The molecule has 0 aromatic heterocycles. The number of ether oxygens (including phenoxy) is 1. The average Bonchev–Trinajstić information content (AvgIpc) is 2.42. The molecule has 0 saturated carbocycles. The predicted molar refractivity (Wildman–Crippen MR) is 77.6 cm³/mol. The van der Waals surface area contributed by atoms with E-state index in [1.165, 1.54) is 11.1 Å². The van der Waals surface area contributed by atoms with E-state index < -0.39 is 6.10 Å². The van der Waals surface area contributed by atoms with Crippen molar-refractivity contribution in [2.45, 2.75) is 38.8 Å². The predicted octanol–water partition coefficient (Wildman–Crippen LogP) is 2.08. The Bertz CT molecular complexity index is 440. The minimum absolute atomic E-state index is 0.333. The van der Waals surface area contributed by atoms with Gasteiger partial charge in [-0.25, -0.2) is 0 Å². The molecule has 1 aromatic carbocycles. The highest BCUT2D eigenvalue weighted by Crippen LogP contribution is 2.26. The second-order valence-electron chi connectivity index (χ2n) is 5.30. The second kappa shape index (κ2) is 6.73. The molecule has 3 heteroatoms. The van der Waals surface area contributed by atoms with E-state index in [1.54, 1.807) is 0 Å². The summed E-state index contributed by atoms with van der Waals surface area (Å²) in [6.45, 7) is 5.02. The molecule has 0 fully saturated rings. The molecule has 19 heavy (non-hydrogen) atoms. The normalized spacial score (nSPS) is 15.4. The lowest BCUT2D eigenvalue weighted by Crippen LogP contribution is -2.35. The van der Waals surface area contributed by atoms with Gasteiger partial charge in [-0.05, 0) is 24.5 Å². The largest absolute Gasteiger partial charge is 0.491 e. The van der Waals surface area contributed by atoms with Crippen molar-refractivity contribution in [3.63, 3.8) is 0 Å². The summed E-state index contributed by atoms with van der Waals surface area (Å²) < 4.78 is 5.77. The van der Waals surface area contributed by atoms with Crippen molar-refractivity contribution in [3.05, 3.63) is 41.5 Å². The standard InChI is InChI=1S/C16H23NO2/c1-12(2)17-10-14(18)11-19-16-9-5-7-13-6-3-4-8-15(13)16/h3-5,7,9,12,14,17-18H,6,8,10-11H2,1-2H3/t14-/m1/s1. The van der Waals surface area contributed by atoms with E-state index in [9.17, 15) is 5.11 Å². The number of aliphatic hydroxyl groups excluding tert-OH is 1. The molecule has 0 bridgehead atoms. The second-order valence-corrected chi connectivity index (χ2v) is 5.30. The highest BCUT2D eigenvalue weighted by molar-refractivity contribution is 5.44. The minimum Gasteiger partial charge on any atom is -0.491 e. The molecule has 1 aromatic rings. The number of hydrogen-bond acceptors (Lipinski definition) is 3. The number of nitrogens with one attached hydrogen (secondary N) is 1. The number of allylic oxidation sites excluding steroid dienone is 2. The zero-order valence-corrected chi connectivity index (χ0v) is 11.7. The Morgan fingerprint density at radius 1 is 1.26 bits per heavy atom. The molecule has 0 aliphatic heterocycles. The van der Waals surface area contributed by atoms with E-state index in [4.69, 9.17) is 4.74 Å². The Morgan fingerprint density at radius 2 is 2.05 bits per heavy atom. The Hall–Kier alpha value is -1.32. The van der Waals surface area contributed by atoms with Crippen LogP contribution in [-0.2, 0) is 12.8 Å². The van der Waals surface area contributed by atoms with Gasteiger partial charge in [-0.3, -0.25) is 0 Å². The number of fused-ring (bicyclic) bond motifs is 1. The Balaban J connectivity index is 1.90. The third kappa shape index (κ3) is 4.08. The summed E-state index contributed by atoms with van der Waals surface area (Å²) in [6.07, 6.45) is 5.78. The van der Waals surface area contributed by atoms with Crippen LogP contribution >= 0.6 is 0 Å². The van der Waals surface area contributed by atoms with E-state index in [1.807, 2.05) is 12.1 Å². The molecule has 3 nitrogen and oxygen atoms in total. The van der Waals surface area contributed by atoms with Gasteiger partial charge in [-0.1, -0.05) is 38.1 Å². The summed E-state index contributed by atoms with van der Waals surface area (Å²) in [5.74, 6) is 0.908. The van der Waals surface area contributed by atoms with Crippen LogP contribution in [0.25, 0.3) is 0 Å². The van der Waals surface area contributed by atoms with Crippen molar-refractivity contribution in [2.24, 2.45) is 0 Å². The van der Waals surface area contributed by atoms with E-state index in [0.717, 1.165) is 18.6 Å². The zero-order chi connectivity index (χ0) is 13.7. The maximum Gasteiger partial charge on any atom is 0.123 e. The van der Waals surface area contributed by atoms with E-state index in [0.29, 0.717) is 19.2 Å². The average molecular weight is 261 g/mol. The fourth-order valence-corrected chi connectivity index (χ4v) is 2.20. The summed E-state index contributed by atoms with van der Waals surface area (Å²) in [7, 11) is 0. The third-order valence-corrected chi connectivity index (χ3v) is 3.25. The van der Waals surface area contributed by atoms with Crippen molar-refractivity contribution >= 4 is 0 Å². The summed E-state index contributed by atoms with van der Waals surface area (Å²) in [5, 5.41) is 13.1. The summed E-state index contributed by atoms with van der Waals surface area (Å²) >= 11 is 0. The van der Waals surface area contributed by atoms with Crippen LogP contribution in [0.2, 0.25) is 0 Å². The van der Waals surface area contributed by atoms with Crippen LogP contribution in [0.15, 0.2) is 30.4 Å². The Labute approximate surface area is 115 Å². The summed E-state index contributed by atoms with van der Waals surface area (Å²) in [6, 6.07) is 6.53. The molecule has 0 radical (unpaired) electrons. The van der Waals surface area contributed by atoms with Crippen LogP contribution in [0, 0.1) is 0 Å². The molecule has 0 heterocycles. The SMILES string of the molecule is CC(C)NC[C@@H](O)COc1cccc2c1CC=CC2. The fourth-order valence-electron chi connectivity index (χ4n) is 2.20. The van der Waals surface area contributed by atoms with E-state index in [2.05, 4.69) is 37.4 Å². The third-order valence-electron chi connectivity index (χ3n) is 3.25. The van der Waals surface area contributed by atoms with Gasteiger partial charge in [0.1, 0.15) is 18.5 Å². The molecular weight excluding hydrogens is 238 g/mol. The highest BCUT2D eigenvalue weighted by Gasteiger charge is 2.12. The van der Waals surface area contributed by atoms with E-state index >= 15 is 0 Å². The minimum atomic E-state index is -0.475. The molecular formula is C16H23NO2. The lowest BCUT2D eigenvalue weighted by Gasteiger charge is -2.19. The smallest absolute Gasteiger partial charge is 0.123 e. The summed E-state index contributed by atoms with van der Waals surface area (Å²) in [4.78, 5) is 0. The molecule has 0 amide bonds. The number of hydrogen-bond donors (Lipinski definition) is 2. The van der Waals surface area contributed by atoms with Crippen molar-refractivity contribution in [3.8, 4) is 5.75 Å². The van der Waals surface area contributed by atoms with Crippen LogP contribution in [0.1, 0.15) is 25.0 Å². The van der Waals surface area contributed by atoms with Gasteiger partial charge >= 0.3 is 0 Å². The Morgan fingerprint density at radius 3 is 2.84 bits per heavy atom. The quantitative estimate of drug-likeness (QED) is 0.770. The van der Waals surface area contributed by atoms with Crippen molar-refractivity contribution in [2.75, 3.05) is 13.2 Å². The molecule has 104 valence electrons. The van der Waals surface area contributed by atoms with Gasteiger partial charge in [0.15, 0.2) is 0 Å². The van der Waals surface area contributed by atoms with Crippen molar-refractivity contribution < 1.29 is 9.84 Å². The van der Waals surface area contributed by atoms with Gasteiger partial charge in [-0.2, -0.15) is 0 Å². The van der Waals surface area contributed by atoms with E-state index in [-0.39, 0.29) is 0 Å². The maximum atomic E-state index is 9.86. The lowest BCUT2D eigenvalue weighted by atomic mass is 9.96. The van der Waals surface area contributed by atoms with Gasteiger partial charge in [0.25, 0.3) is 0 Å². The molecule has 1 aliphatic carbocycles. The lowest BCUT2D eigenvalue weighted by molar-refractivity contribution is 0.104. The summed E-state index contributed by atoms with van der Waals surface area (Å²) in [5.41, 5.74) is 2.59. The zero-order valence-electron chi connectivity index (χ0n) is 11.7. The molecule has 2 N–H and O–H groups in total. The van der Waals surface area contributed by atoms with Crippen molar-refractivity contribution in [1.29, 1.82) is 0 Å². The van der Waals surface area contributed by atoms with Gasteiger partial charge in [0, 0.05) is 18.2 Å². The van der Waals surface area contributed by atoms with Crippen molar-refractivity contribution in [1.82, 2.24) is 5.32 Å². The van der Waals surface area contributed by atoms with Gasteiger partial charge in [-0.15, -0.1) is 0 Å². The first-order valence-corrected chi connectivity index (χ1v) is 6.97. The molecule has 1 aliphatic rings. The first-order valence-electron chi connectivity index (χ1n) is 6.97. The first-order chi connectivity index (χ1) is 9.16. The molecule has 0 unspecified atom stereocenters. The van der Waals surface area contributed by atoms with Gasteiger partial charge in [0.05, 0.1) is 0 Å². The number of benzene rings is 1. The molecule has 1 atom stereocenters. The Kier molecular flexibility index (Phi) is 5.00. The van der Waals surface area contributed by atoms with Crippen LogP contribution in [-0.4, -0.2) is 30.4 Å². The first kappa shape index (κ1) is 14.1. The number of aliphatic hydroxyl groups is 1. The van der Waals surface area contributed by atoms with Crippen LogP contribution in [0.4, 0.5) is 0 Å². The topological polar surface area (TPSA) is 41.5 Å². The highest BCUT2D eigenvalue weighted by atomic mass is 16.5.